The van der Waals surface area contributed by atoms with Crippen molar-refractivity contribution >= 4 is 45.9 Å². The van der Waals surface area contributed by atoms with E-state index in [0.29, 0.717) is 0 Å². The van der Waals surface area contributed by atoms with E-state index in [0.717, 1.165) is 0 Å². The van der Waals surface area contributed by atoms with Gasteiger partial charge in [-0.1, -0.05) is 18.2 Å². The standard InChI is InChI=1S/C7H6O5S.Na.Zn.H/c8-7(12-13(9,10)11)6-4-2-1-3-5-6;;;/h1-5H,(H,9,10,11);;;. The van der Waals surface area contributed by atoms with Crippen LogP contribution in [0.15, 0.2) is 30.3 Å². The van der Waals surface area contributed by atoms with Gasteiger partial charge in [0.05, 0.1) is 5.56 Å². The van der Waals surface area contributed by atoms with Gasteiger partial charge in [0.15, 0.2) is 0 Å². The summed E-state index contributed by atoms with van der Waals surface area (Å²) in [6.07, 6.45) is 0. The van der Waals surface area contributed by atoms with E-state index in [-0.39, 0.29) is 54.6 Å². The summed E-state index contributed by atoms with van der Waals surface area (Å²) < 4.78 is 32.1. The number of hydrogen-bond acceptors (Lipinski definition) is 4. The Morgan fingerprint density at radius 1 is 1.20 bits per heavy atom. The topological polar surface area (TPSA) is 80.7 Å². The Morgan fingerprint density at radius 2 is 1.67 bits per heavy atom. The molecule has 0 aliphatic rings. The maximum Gasteiger partial charge on any atom is 0 e. The average Bonchev–Trinajstić information content (AvgIpc) is 2.03. The molecule has 1 aromatic rings. The van der Waals surface area contributed by atoms with Crippen molar-refractivity contribution in [1.82, 2.24) is 0 Å². The fourth-order valence-electron chi connectivity index (χ4n) is 0.718. The molecule has 1 rings (SSSR count). The molecule has 0 heterocycles. The molecule has 0 bridgehead atoms. The second kappa shape index (κ2) is 7.49. The first-order chi connectivity index (χ1) is 5.99. The molecule has 0 saturated carbocycles. The molecule has 0 spiro atoms. The summed E-state index contributed by atoms with van der Waals surface area (Å²) in [5.74, 6) is -1.11. The van der Waals surface area contributed by atoms with Crippen LogP contribution in [0.4, 0.5) is 0 Å². The normalized spacial score (nSPS) is 9.40. The molecule has 0 fully saturated rings. The molecule has 1 N–H and O–H groups in total. The maximum atomic E-state index is 10.9. The summed E-state index contributed by atoms with van der Waals surface area (Å²) in [6, 6.07) is 7.48. The number of rotatable bonds is 2. The minimum absolute atomic E-state index is 0. The fraction of sp³-hybridized carbons (Fsp3) is 0. The van der Waals surface area contributed by atoms with Gasteiger partial charge in [0.1, 0.15) is 0 Å². The van der Waals surface area contributed by atoms with Crippen LogP contribution in [0, 0.1) is 0 Å². The van der Waals surface area contributed by atoms with Crippen LogP contribution in [0.5, 0.6) is 0 Å². The number of benzene rings is 1. The SMILES string of the molecule is O=C(OS(=O)(=O)O)c1ccccc1.[NaH].[Zn]. The van der Waals surface area contributed by atoms with Crippen molar-refractivity contribution < 1.29 is 41.4 Å². The van der Waals surface area contributed by atoms with Gasteiger partial charge < -0.3 is 4.18 Å². The molecule has 15 heavy (non-hydrogen) atoms. The van der Waals surface area contributed by atoms with Gasteiger partial charge in [-0.05, 0) is 12.1 Å². The molecular formula is C7H7NaO5SZn. The van der Waals surface area contributed by atoms with Crippen molar-refractivity contribution in [3.8, 4) is 0 Å². The largest absolute Gasteiger partial charge is 0 e. The van der Waals surface area contributed by atoms with Gasteiger partial charge in [0, 0.05) is 19.5 Å². The van der Waals surface area contributed by atoms with Gasteiger partial charge in [0.2, 0.25) is 0 Å². The van der Waals surface area contributed by atoms with Gasteiger partial charge in [-0.15, -0.1) is 0 Å². The second-order valence-electron chi connectivity index (χ2n) is 2.16. The van der Waals surface area contributed by atoms with E-state index >= 15 is 0 Å². The van der Waals surface area contributed by atoms with Crippen LogP contribution in [0.2, 0.25) is 0 Å². The Kier molecular flexibility index (Phi) is 8.79. The van der Waals surface area contributed by atoms with Gasteiger partial charge >= 0.3 is 45.9 Å². The van der Waals surface area contributed by atoms with Crippen LogP contribution in [0.3, 0.4) is 0 Å². The molecule has 74 valence electrons. The van der Waals surface area contributed by atoms with Gasteiger partial charge in [-0.25, -0.2) is 4.79 Å². The first-order valence-electron chi connectivity index (χ1n) is 3.25. The van der Waals surface area contributed by atoms with Gasteiger partial charge in [0.25, 0.3) is 0 Å². The van der Waals surface area contributed by atoms with E-state index in [9.17, 15) is 13.2 Å². The molecule has 0 aliphatic heterocycles. The first kappa shape index (κ1) is 17.6. The minimum atomic E-state index is -4.72. The van der Waals surface area contributed by atoms with Crippen LogP contribution >= 0.6 is 0 Å². The van der Waals surface area contributed by atoms with Crippen molar-refractivity contribution in [2.75, 3.05) is 0 Å². The molecule has 0 saturated heterocycles. The minimum Gasteiger partial charge on any atom is 0 e. The average molecular weight is 292 g/mol. The number of carbonyl (C=O) groups is 1. The quantitative estimate of drug-likeness (QED) is 0.612. The van der Waals surface area contributed by atoms with E-state index in [4.69, 9.17) is 4.55 Å². The van der Waals surface area contributed by atoms with Crippen LogP contribution < -0.4 is 0 Å². The summed E-state index contributed by atoms with van der Waals surface area (Å²) in [6.45, 7) is 0. The third-order valence-corrected chi connectivity index (χ3v) is 1.55. The fourth-order valence-corrected chi connectivity index (χ4v) is 1.01. The molecule has 0 amide bonds. The molecule has 0 unspecified atom stereocenters. The summed E-state index contributed by atoms with van der Waals surface area (Å²) in [7, 11) is -4.72. The molecule has 5 nitrogen and oxygen atoms in total. The van der Waals surface area contributed by atoms with E-state index in [2.05, 4.69) is 4.18 Å². The summed E-state index contributed by atoms with van der Waals surface area (Å²) in [4.78, 5) is 10.9. The third-order valence-electron chi connectivity index (χ3n) is 1.19. The zero-order chi connectivity index (χ0) is 9.90. The van der Waals surface area contributed by atoms with Crippen molar-refractivity contribution in [3.63, 3.8) is 0 Å². The van der Waals surface area contributed by atoms with Crippen LogP contribution in [0.1, 0.15) is 10.4 Å². The molecule has 0 radical (unpaired) electrons. The van der Waals surface area contributed by atoms with Gasteiger partial charge in [-0.2, -0.15) is 8.42 Å². The predicted octanol–water partition coefficient (Wildman–Crippen LogP) is -0.00480. The molecular weight excluding hydrogens is 285 g/mol. The first-order valence-corrected chi connectivity index (χ1v) is 4.62. The van der Waals surface area contributed by atoms with Crippen molar-refractivity contribution in [1.29, 1.82) is 0 Å². The number of hydrogen-bond donors (Lipinski definition) is 1. The molecule has 0 aromatic heterocycles. The van der Waals surface area contributed by atoms with E-state index in [1.165, 1.54) is 12.1 Å². The summed E-state index contributed by atoms with van der Waals surface area (Å²) in [5, 5.41) is 0. The molecule has 0 atom stereocenters. The maximum absolute atomic E-state index is 10.9. The Labute approximate surface area is 122 Å². The van der Waals surface area contributed by atoms with Crippen molar-refractivity contribution in [2.45, 2.75) is 0 Å². The molecule has 1 aromatic carbocycles. The summed E-state index contributed by atoms with van der Waals surface area (Å²) in [5.41, 5.74) is 0.0557. The molecule has 8 heteroatoms. The second-order valence-corrected chi connectivity index (χ2v) is 3.19. The van der Waals surface area contributed by atoms with Crippen molar-refractivity contribution in [2.24, 2.45) is 0 Å². The Bertz CT molecular complexity index is 405. The van der Waals surface area contributed by atoms with Crippen LogP contribution in [0.25, 0.3) is 0 Å². The predicted molar refractivity (Wildman–Crippen MR) is 50.6 cm³/mol. The van der Waals surface area contributed by atoms with Crippen LogP contribution in [-0.2, 0) is 34.1 Å². The Balaban J connectivity index is 0. The smallest absolute Gasteiger partial charge is 0 e. The number of carbonyl (C=O) groups excluding carboxylic acids is 1. The van der Waals surface area contributed by atoms with E-state index in [1.54, 1.807) is 18.2 Å². The monoisotopic (exact) mass is 290 g/mol. The molecule has 0 aliphatic carbocycles. The third kappa shape index (κ3) is 7.16. The zero-order valence-corrected chi connectivity index (χ0v) is 10.9. The Morgan fingerprint density at radius 3 is 2.07 bits per heavy atom. The van der Waals surface area contributed by atoms with E-state index in [1.807, 2.05) is 0 Å². The van der Waals surface area contributed by atoms with Crippen molar-refractivity contribution in [3.05, 3.63) is 35.9 Å². The van der Waals surface area contributed by atoms with Crippen LogP contribution in [-0.4, -0.2) is 48.5 Å². The summed E-state index contributed by atoms with van der Waals surface area (Å²) >= 11 is 0. The van der Waals surface area contributed by atoms with E-state index < -0.39 is 16.4 Å². The van der Waals surface area contributed by atoms with Gasteiger partial charge in [-0.3, -0.25) is 4.55 Å². The zero-order valence-electron chi connectivity index (χ0n) is 7.08. The Hall–Kier alpha value is 0.223.